The molecule has 0 bridgehead atoms. The third kappa shape index (κ3) is 4.23. The molecule has 2 heterocycles. The zero-order valence-corrected chi connectivity index (χ0v) is 16.5. The first kappa shape index (κ1) is 20.0. The highest BCUT2D eigenvalue weighted by Crippen LogP contribution is 2.27. The number of Topliss-reactive ketones (excluding diaryl/α,β-unsaturated/α-hetero) is 1. The number of hydrogen-bond donors (Lipinski definition) is 1. The van der Waals surface area contributed by atoms with Crippen LogP contribution in [-0.4, -0.2) is 61.0 Å². The standard InChI is InChI=1S/C19H27N3O4S/c1-14(23)15-5-7-17(8-6-15)27(25,26)22-11-3-2-4-18(22)19(24)21-12-9-16(20)10-13-21/h5-8,16,18H,2-4,9-13,20H2,1H3. The van der Waals surface area contributed by atoms with Gasteiger partial charge in [-0.25, -0.2) is 8.42 Å². The molecule has 1 amide bonds. The van der Waals surface area contributed by atoms with Crippen molar-refractivity contribution >= 4 is 21.7 Å². The highest BCUT2D eigenvalue weighted by Gasteiger charge is 2.39. The first-order valence-corrected chi connectivity index (χ1v) is 10.9. The molecule has 1 atom stereocenters. The van der Waals surface area contributed by atoms with Gasteiger partial charge in [0.15, 0.2) is 5.78 Å². The Bertz CT molecular complexity index is 799. The van der Waals surface area contributed by atoms with Gasteiger partial charge in [-0.05, 0) is 44.7 Å². The summed E-state index contributed by atoms with van der Waals surface area (Å²) in [7, 11) is -3.80. The second-order valence-corrected chi connectivity index (χ2v) is 9.26. The van der Waals surface area contributed by atoms with E-state index in [0.717, 1.165) is 25.7 Å². The number of likely N-dealkylation sites (tertiary alicyclic amines) is 1. The molecule has 0 saturated carbocycles. The maximum atomic E-state index is 13.2. The number of hydrogen-bond acceptors (Lipinski definition) is 5. The second-order valence-electron chi connectivity index (χ2n) is 7.37. The molecule has 7 nitrogen and oxygen atoms in total. The van der Waals surface area contributed by atoms with Crippen molar-refractivity contribution in [3.8, 4) is 0 Å². The molecule has 2 aliphatic heterocycles. The van der Waals surface area contributed by atoms with Crippen LogP contribution in [0.2, 0.25) is 0 Å². The molecule has 0 radical (unpaired) electrons. The molecule has 1 unspecified atom stereocenters. The Hall–Kier alpha value is -1.77. The Morgan fingerprint density at radius 1 is 1.00 bits per heavy atom. The molecule has 1 aromatic rings. The molecule has 2 fully saturated rings. The summed E-state index contributed by atoms with van der Waals surface area (Å²) in [6, 6.07) is 5.37. The lowest BCUT2D eigenvalue weighted by Crippen LogP contribution is -2.55. The molecular formula is C19H27N3O4S. The fraction of sp³-hybridized carbons (Fsp3) is 0.579. The molecule has 0 aliphatic carbocycles. The Kier molecular flexibility index (Phi) is 5.98. The monoisotopic (exact) mass is 393 g/mol. The molecule has 0 spiro atoms. The van der Waals surface area contributed by atoms with E-state index in [2.05, 4.69) is 0 Å². The lowest BCUT2D eigenvalue weighted by atomic mass is 10.0. The number of nitrogens with zero attached hydrogens (tertiary/aromatic N) is 2. The topological polar surface area (TPSA) is 101 Å². The Balaban J connectivity index is 1.83. The quantitative estimate of drug-likeness (QED) is 0.779. The molecule has 2 N–H and O–H groups in total. The summed E-state index contributed by atoms with van der Waals surface area (Å²) < 4.78 is 27.7. The van der Waals surface area contributed by atoms with Crippen LogP contribution in [0.15, 0.2) is 29.2 Å². The maximum absolute atomic E-state index is 13.2. The third-order valence-electron chi connectivity index (χ3n) is 5.46. The summed E-state index contributed by atoms with van der Waals surface area (Å²) in [6.07, 6.45) is 3.60. The van der Waals surface area contributed by atoms with Crippen molar-refractivity contribution in [1.29, 1.82) is 0 Å². The Labute approximate surface area is 160 Å². The van der Waals surface area contributed by atoms with Gasteiger partial charge >= 0.3 is 0 Å². The van der Waals surface area contributed by atoms with Crippen molar-refractivity contribution in [3.63, 3.8) is 0 Å². The summed E-state index contributed by atoms with van der Waals surface area (Å²) >= 11 is 0. The van der Waals surface area contributed by atoms with Gasteiger partial charge in [0.1, 0.15) is 6.04 Å². The highest BCUT2D eigenvalue weighted by molar-refractivity contribution is 7.89. The van der Waals surface area contributed by atoms with Crippen LogP contribution in [0.25, 0.3) is 0 Å². The zero-order chi connectivity index (χ0) is 19.6. The first-order valence-electron chi connectivity index (χ1n) is 9.48. The predicted octanol–water partition coefficient (Wildman–Crippen LogP) is 1.38. The molecular weight excluding hydrogens is 366 g/mol. The van der Waals surface area contributed by atoms with Gasteiger partial charge in [-0.2, -0.15) is 4.31 Å². The van der Waals surface area contributed by atoms with Gasteiger partial charge in [0.2, 0.25) is 15.9 Å². The minimum absolute atomic E-state index is 0.111. The van der Waals surface area contributed by atoms with Crippen LogP contribution in [0.1, 0.15) is 49.4 Å². The largest absolute Gasteiger partial charge is 0.341 e. The van der Waals surface area contributed by atoms with E-state index in [1.54, 1.807) is 4.90 Å². The zero-order valence-electron chi connectivity index (χ0n) is 15.6. The number of benzene rings is 1. The molecule has 0 aromatic heterocycles. The minimum Gasteiger partial charge on any atom is -0.341 e. The van der Waals surface area contributed by atoms with Gasteiger partial charge in [-0.1, -0.05) is 18.6 Å². The van der Waals surface area contributed by atoms with E-state index in [-0.39, 0.29) is 22.6 Å². The highest BCUT2D eigenvalue weighted by atomic mass is 32.2. The number of nitrogens with two attached hydrogens (primary N) is 1. The van der Waals surface area contributed by atoms with E-state index in [1.807, 2.05) is 0 Å². The predicted molar refractivity (Wildman–Crippen MR) is 102 cm³/mol. The molecule has 2 saturated heterocycles. The number of rotatable bonds is 4. The van der Waals surface area contributed by atoms with Crippen LogP contribution < -0.4 is 5.73 Å². The van der Waals surface area contributed by atoms with Crippen LogP contribution in [0.4, 0.5) is 0 Å². The fourth-order valence-corrected chi connectivity index (χ4v) is 5.42. The number of amides is 1. The van der Waals surface area contributed by atoms with Gasteiger partial charge < -0.3 is 10.6 Å². The van der Waals surface area contributed by atoms with Crippen molar-refractivity contribution in [2.45, 2.75) is 56.0 Å². The van der Waals surface area contributed by atoms with Crippen LogP contribution in [0, 0.1) is 0 Å². The lowest BCUT2D eigenvalue weighted by molar-refractivity contribution is -0.137. The molecule has 8 heteroatoms. The summed E-state index contributed by atoms with van der Waals surface area (Å²) in [5.41, 5.74) is 6.38. The Morgan fingerprint density at radius 2 is 1.63 bits per heavy atom. The summed E-state index contributed by atoms with van der Waals surface area (Å²) in [6.45, 7) is 2.93. The summed E-state index contributed by atoms with van der Waals surface area (Å²) in [5, 5.41) is 0. The minimum atomic E-state index is -3.80. The number of ketones is 1. The van der Waals surface area contributed by atoms with E-state index in [9.17, 15) is 18.0 Å². The van der Waals surface area contributed by atoms with Crippen LogP contribution in [-0.2, 0) is 14.8 Å². The van der Waals surface area contributed by atoms with Gasteiger partial charge in [0.25, 0.3) is 0 Å². The van der Waals surface area contributed by atoms with Gasteiger partial charge in [0, 0.05) is 31.2 Å². The molecule has 3 rings (SSSR count). The van der Waals surface area contributed by atoms with Crippen molar-refractivity contribution in [1.82, 2.24) is 9.21 Å². The second kappa shape index (κ2) is 8.08. The van der Waals surface area contributed by atoms with Gasteiger partial charge in [-0.3, -0.25) is 9.59 Å². The van der Waals surface area contributed by atoms with Crippen molar-refractivity contribution in [3.05, 3.63) is 29.8 Å². The summed E-state index contributed by atoms with van der Waals surface area (Å²) in [4.78, 5) is 26.3. The van der Waals surface area contributed by atoms with Gasteiger partial charge in [-0.15, -0.1) is 0 Å². The van der Waals surface area contributed by atoms with Crippen LogP contribution in [0.3, 0.4) is 0 Å². The average Bonchev–Trinajstić information content (AvgIpc) is 2.68. The van der Waals surface area contributed by atoms with Crippen molar-refractivity contribution in [2.24, 2.45) is 5.73 Å². The number of sulfonamides is 1. The first-order chi connectivity index (χ1) is 12.8. The van der Waals surface area contributed by atoms with Gasteiger partial charge in [0.05, 0.1) is 4.90 Å². The van der Waals surface area contributed by atoms with E-state index in [0.29, 0.717) is 31.6 Å². The average molecular weight is 394 g/mol. The normalized spacial score (nSPS) is 22.6. The van der Waals surface area contributed by atoms with E-state index in [4.69, 9.17) is 5.73 Å². The fourth-order valence-electron chi connectivity index (χ4n) is 3.77. The number of carbonyl (C=O) groups is 2. The van der Waals surface area contributed by atoms with E-state index < -0.39 is 16.1 Å². The molecule has 148 valence electrons. The van der Waals surface area contributed by atoms with E-state index >= 15 is 0 Å². The SMILES string of the molecule is CC(=O)c1ccc(S(=O)(=O)N2CCCCC2C(=O)N2CCC(N)CC2)cc1. The van der Waals surface area contributed by atoms with E-state index in [1.165, 1.54) is 35.5 Å². The van der Waals surface area contributed by atoms with Crippen LogP contribution >= 0.6 is 0 Å². The molecule has 27 heavy (non-hydrogen) atoms. The Morgan fingerprint density at radius 3 is 2.22 bits per heavy atom. The smallest absolute Gasteiger partial charge is 0.243 e. The van der Waals surface area contributed by atoms with Crippen molar-refractivity contribution < 1.29 is 18.0 Å². The number of carbonyl (C=O) groups excluding carboxylic acids is 2. The lowest BCUT2D eigenvalue weighted by Gasteiger charge is -2.38. The molecule has 1 aromatic carbocycles. The van der Waals surface area contributed by atoms with Crippen molar-refractivity contribution in [2.75, 3.05) is 19.6 Å². The maximum Gasteiger partial charge on any atom is 0.243 e. The number of piperidine rings is 2. The molecule has 2 aliphatic rings. The third-order valence-corrected chi connectivity index (χ3v) is 7.38. The summed E-state index contributed by atoms with van der Waals surface area (Å²) in [5.74, 6) is -0.237. The van der Waals surface area contributed by atoms with Crippen LogP contribution in [0.5, 0.6) is 0 Å².